The Kier molecular flexibility index (Phi) is 61.0. The number of rotatable bonds is 0. The molecule has 0 fully saturated rings. The van der Waals surface area contributed by atoms with E-state index in [2.05, 4.69) is 0 Å². The molecule has 0 aromatic rings. The Labute approximate surface area is 115 Å². The molecule has 0 saturated carbocycles. The third-order valence-electron chi connectivity index (χ3n) is 0.183. The first kappa shape index (κ1) is 37.0. The van der Waals surface area contributed by atoms with Crippen LogP contribution in [0.4, 0.5) is 4.79 Å². The smallest absolute Gasteiger partial charge is 0.870 e. The largest absolute Gasteiger partial charge is 1.00 e. The first-order valence-electron chi connectivity index (χ1n) is 1.72. The summed E-state index contributed by atoms with van der Waals surface area (Å²) in [6, 6.07) is 0. The Balaban J connectivity index is -0.0000000185. The van der Waals surface area contributed by atoms with E-state index in [1.165, 1.54) is 0 Å². The van der Waals surface area contributed by atoms with E-state index in [1.807, 2.05) is 0 Å². The van der Waals surface area contributed by atoms with Crippen LogP contribution in [0.25, 0.3) is 0 Å². The number of carboxylic acids is 2. The number of carboxylic acid groups (broad SMARTS) is 4. The van der Waals surface area contributed by atoms with Crippen molar-refractivity contribution in [1.82, 2.24) is 0 Å². The molecule has 0 rings (SSSR count). The van der Waals surface area contributed by atoms with Crippen molar-refractivity contribution in [1.29, 1.82) is 0 Å². The zero-order valence-electron chi connectivity index (χ0n) is 7.88. The van der Waals surface area contributed by atoms with Crippen LogP contribution >= 0.6 is 0 Å². The second kappa shape index (κ2) is 23.1. The maximum atomic E-state index is 9.10. The first-order chi connectivity index (χ1) is 4.37. The minimum atomic E-state index is -2.33. The van der Waals surface area contributed by atoms with E-state index in [-0.39, 0.29) is 62.1 Å². The van der Waals surface area contributed by atoms with Crippen molar-refractivity contribution < 1.29 is 96.9 Å². The Morgan fingerprint density at radius 1 is 0.786 bits per heavy atom. The molecule has 0 spiro atoms. The summed E-state index contributed by atoms with van der Waals surface area (Å²) in [6.07, 6.45) is -2.33. The molecule has 8 nitrogen and oxygen atoms in total. The fraction of sp³-hybridized carbons (Fsp3) is 0. The Morgan fingerprint density at radius 2 is 0.857 bits per heavy atom. The molecule has 11 heteroatoms. The summed E-state index contributed by atoms with van der Waals surface area (Å²) < 4.78 is 0. The molecule has 0 bridgehead atoms. The number of carbonyl (C=O) groups is 3. The Hall–Kier alpha value is -0.0378. The standard InChI is InChI=1S/C2H2O4.CH2O3.3Li.H2O/c3-1(4)2(5)6;2-1(3)4;;;;/h(H,3,4)(H,5,6);(H2,2,3,4);;;;1H2/q;;3*+1;/p-3. The SMILES string of the molecule is O=C(O)C(=O)O.O=C([O-])[O-].[Li+].[Li+].[Li+].[OH-]. The van der Waals surface area contributed by atoms with Crippen molar-refractivity contribution in [2.24, 2.45) is 0 Å². The average Bonchev–Trinajstić information content (AvgIpc) is 1.63. The van der Waals surface area contributed by atoms with Gasteiger partial charge < -0.3 is 30.7 Å². The maximum absolute atomic E-state index is 9.10. The van der Waals surface area contributed by atoms with Gasteiger partial charge in [0.05, 0.1) is 0 Å². The molecule has 3 N–H and O–H groups in total. The van der Waals surface area contributed by atoms with Crippen LogP contribution in [-0.4, -0.2) is 33.8 Å². The summed E-state index contributed by atoms with van der Waals surface area (Å²) in [5.41, 5.74) is 0. The predicted octanol–water partition coefficient (Wildman–Crippen LogP) is -12.5. The Morgan fingerprint density at radius 3 is 0.857 bits per heavy atom. The van der Waals surface area contributed by atoms with Crippen molar-refractivity contribution in [2.75, 3.05) is 0 Å². The van der Waals surface area contributed by atoms with Gasteiger partial charge in [0.25, 0.3) is 0 Å². The number of aliphatic carboxylic acids is 2. The summed E-state index contributed by atoms with van der Waals surface area (Å²) >= 11 is 0. The van der Waals surface area contributed by atoms with Crippen LogP contribution in [0.15, 0.2) is 0 Å². The van der Waals surface area contributed by atoms with Gasteiger partial charge in [-0.2, -0.15) is 0 Å². The number of hydrogen-bond acceptors (Lipinski definition) is 6. The molecule has 0 radical (unpaired) electrons. The van der Waals surface area contributed by atoms with E-state index in [0.29, 0.717) is 0 Å². The zero-order chi connectivity index (χ0) is 8.73. The minimum Gasteiger partial charge on any atom is -0.870 e. The zero-order valence-corrected chi connectivity index (χ0v) is 7.88. The molecule has 0 saturated heterocycles. The van der Waals surface area contributed by atoms with Gasteiger partial charge in [0.15, 0.2) is 0 Å². The molecular weight excluding hydrogens is 185 g/mol. The third-order valence-corrected chi connectivity index (χ3v) is 0.183. The molecule has 0 aliphatic carbocycles. The summed E-state index contributed by atoms with van der Waals surface area (Å²) in [6.45, 7) is 0. The molecule has 0 atom stereocenters. The van der Waals surface area contributed by atoms with E-state index in [1.54, 1.807) is 0 Å². The summed E-state index contributed by atoms with van der Waals surface area (Å²) in [5, 5.41) is 31.4. The van der Waals surface area contributed by atoms with Gasteiger partial charge in [0.1, 0.15) is 0 Å². The van der Waals surface area contributed by atoms with Gasteiger partial charge in [0, 0.05) is 0 Å². The molecule has 0 aliphatic rings. The minimum absolute atomic E-state index is 0. The second-order valence-electron chi connectivity index (χ2n) is 0.860. The van der Waals surface area contributed by atoms with Gasteiger partial charge in [-0.1, -0.05) is 0 Å². The number of hydrogen-bond donors (Lipinski definition) is 2. The van der Waals surface area contributed by atoms with Crippen LogP contribution < -0.4 is 66.8 Å². The molecule has 0 heterocycles. The van der Waals surface area contributed by atoms with Crippen LogP contribution in [0.3, 0.4) is 0 Å². The predicted molar refractivity (Wildman–Crippen MR) is 22.6 cm³/mol. The van der Waals surface area contributed by atoms with Crippen molar-refractivity contribution >= 4 is 18.1 Å². The number of carbonyl (C=O) groups excluding carboxylic acids is 1. The molecule has 0 aromatic carbocycles. The van der Waals surface area contributed by atoms with Crippen LogP contribution in [0.1, 0.15) is 0 Å². The Bertz CT molecular complexity index is 142. The summed E-state index contributed by atoms with van der Waals surface area (Å²) in [5.74, 6) is -3.65. The van der Waals surface area contributed by atoms with Gasteiger partial charge in [-0.15, -0.1) is 0 Å². The molecule has 0 aromatic heterocycles. The van der Waals surface area contributed by atoms with Crippen molar-refractivity contribution in [2.45, 2.75) is 0 Å². The van der Waals surface area contributed by atoms with Gasteiger partial charge in [0.2, 0.25) is 0 Å². The summed E-state index contributed by atoms with van der Waals surface area (Å²) in [4.78, 5) is 26.5. The van der Waals surface area contributed by atoms with Gasteiger partial charge in [-0.25, -0.2) is 9.59 Å². The normalized spacial score (nSPS) is 4.86. The van der Waals surface area contributed by atoms with Crippen molar-refractivity contribution in [3.05, 3.63) is 0 Å². The van der Waals surface area contributed by atoms with Crippen molar-refractivity contribution in [3.63, 3.8) is 0 Å². The van der Waals surface area contributed by atoms with E-state index in [0.717, 1.165) is 0 Å². The molecular formula is C3H3Li3O8. The first-order valence-corrected chi connectivity index (χ1v) is 1.72. The van der Waals surface area contributed by atoms with Crippen molar-refractivity contribution in [3.8, 4) is 0 Å². The molecule has 0 unspecified atom stereocenters. The fourth-order valence-electron chi connectivity index (χ4n) is 0. The third kappa shape index (κ3) is 91.6. The quantitative estimate of drug-likeness (QED) is 0.278. The van der Waals surface area contributed by atoms with E-state index >= 15 is 0 Å². The molecule has 66 valence electrons. The van der Waals surface area contributed by atoms with Crippen LogP contribution in [0.5, 0.6) is 0 Å². The van der Waals surface area contributed by atoms with E-state index in [4.69, 9.17) is 34.8 Å². The average molecular weight is 188 g/mol. The fourth-order valence-corrected chi connectivity index (χ4v) is 0. The monoisotopic (exact) mass is 188 g/mol. The summed E-state index contributed by atoms with van der Waals surface area (Å²) in [7, 11) is 0. The van der Waals surface area contributed by atoms with Gasteiger partial charge in [-0.3, -0.25) is 0 Å². The van der Waals surface area contributed by atoms with Crippen LogP contribution in [0, 0.1) is 0 Å². The van der Waals surface area contributed by atoms with Crippen LogP contribution in [0.2, 0.25) is 0 Å². The molecule has 0 aliphatic heterocycles. The molecule has 14 heavy (non-hydrogen) atoms. The topological polar surface area (TPSA) is 168 Å². The van der Waals surface area contributed by atoms with E-state index < -0.39 is 18.1 Å². The maximum Gasteiger partial charge on any atom is 1.00 e. The van der Waals surface area contributed by atoms with Gasteiger partial charge >= 0.3 is 68.5 Å². The second-order valence-corrected chi connectivity index (χ2v) is 0.860. The van der Waals surface area contributed by atoms with E-state index in [9.17, 15) is 0 Å². The van der Waals surface area contributed by atoms with Crippen LogP contribution in [-0.2, 0) is 9.59 Å². The van der Waals surface area contributed by atoms with Gasteiger partial charge in [-0.05, 0) is 6.16 Å². The molecule has 0 amide bonds.